The normalized spacial score (nSPS) is 10.5. The van der Waals surface area contributed by atoms with E-state index in [9.17, 15) is 4.79 Å². The molecule has 0 spiro atoms. The van der Waals surface area contributed by atoms with Gasteiger partial charge < -0.3 is 10.6 Å². The highest BCUT2D eigenvalue weighted by Crippen LogP contribution is 2.18. The van der Waals surface area contributed by atoms with E-state index in [0.29, 0.717) is 12.2 Å². The van der Waals surface area contributed by atoms with Crippen molar-refractivity contribution in [2.45, 2.75) is 39.5 Å². The van der Waals surface area contributed by atoms with Crippen LogP contribution in [0.3, 0.4) is 0 Å². The third-order valence-electron chi connectivity index (χ3n) is 3.38. The van der Waals surface area contributed by atoms with Gasteiger partial charge in [-0.15, -0.1) is 5.10 Å². The van der Waals surface area contributed by atoms with E-state index >= 15 is 0 Å². The van der Waals surface area contributed by atoms with Gasteiger partial charge in [-0.3, -0.25) is 0 Å². The van der Waals surface area contributed by atoms with Gasteiger partial charge in [-0.1, -0.05) is 32.3 Å². The maximum Gasteiger partial charge on any atom is 0.319 e. The van der Waals surface area contributed by atoms with E-state index in [2.05, 4.69) is 33.1 Å². The predicted molar refractivity (Wildman–Crippen MR) is 85.1 cm³/mol. The Morgan fingerprint density at radius 3 is 2.86 bits per heavy atom. The van der Waals surface area contributed by atoms with Crippen molar-refractivity contribution >= 4 is 11.7 Å². The molecule has 2 aromatic rings. The van der Waals surface area contributed by atoms with Gasteiger partial charge in [-0.25, -0.2) is 9.48 Å². The zero-order valence-electron chi connectivity index (χ0n) is 13.0. The summed E-state index contributed by atoms with van der Waals surface area (Å²) in [6, 6.07) is 5.44. The molecule has 0 atom stereocenters. The number of hydrogen-bond acceptors (Lipinski definition) is 4. The van der Waals surface area contributed by atoms with Crippen LogP contribution >= 0.6 is 0 Å². The highest BCUT2D eigenvalue weighted by atomic mass is 16.2. The minimum absolute atomic E-state index is 0.192. The van der Waals surface area contributed by atoms with Gasteiger partial charge in [-0.05, 0) is 41.5 Å². The van der Waals surface area contributed by atoms with Crippen molar-refractivity contribution in [2.24, 2.45) is 0 Å². The van der Waals surface area contributed by atoms with Crippen molar-refractivity contribution in [3.8, 4) is 5.69 Å². The Morgan fingerprint density at radius 1 is 1.27 bits per heavy atom. The molecule has 1 aromatic carbocycles. The molecule has 0 saturated heterocycles. The van der Waals surface area contributed by atoms with Crippen molar-refractivity contribution in [3.05, 3.63) is 30.1 Å². The first-order valence-electron chi connectivity index (χ1n) is 7.59. The van der Waals surface area contributed by atoms with E-state index in [1.807, 2.05) is 25.1 Å². The van der Waals surface area contributed by atoms with Crippen LogP contribution in [0.1, 0.15) is 38.2 Å². The predicted octanol–water partition coefficient (Wildman–Crippen LogP) is 2.67. The van der Waals surface area contributed by atoms with Gasteiger partial charge in [-0.2, -0.15) is 0 Å². The van der Waals surface area contributed by atoms with Gasteiger partial charge in [0.05, 0.1) is 5.69 Å². The second-order valence-corrected chi connectivity index (χ2v) is 5.20. The summed E-state index contributed by atoms with van der Waals surface area (Å²) in [5.41, 5.74) is 2.57. The highest BCUT2D eigenvalue weighted by Gasteiger charge is 2.06. The number of nitrogens with zero attached hydrogens (tertiary/aromatic N) is 4. The fourth-order valence-electron chi connectivity index (χ4n) is 2.13. The van der Waals surface area contributed by atoms with Crippen LogP contribution in [-0.2, 0) is 0 Å². The number of anilines is 1. The van der Waals surface area contributed by atoms with Crippen molar-refractivity contribution in [1.82, 2.24) is 25.5 Å². The first-order valence-corrected chi connectivity index (χ1v) is 7.59. The van der Waals surface area contributed by atoms with Gasteiger partial charge in [0.25, 0.3) is 0 Å². The molecule has 0 aliphatic rings. The van der Waals surface area contributed by atoms with E-state index < -0.39 is 0 Å². The standard InChI is InChI=1S/C15H22N6O/c1-3-4-5-6-9-16-15(22)18-13-8-7-12(2)14(10-13)21-11-17-19-20-21/h7-8,10-11H,3-6,9H2,1-2H3,(H2,16,18,22). The topological polar surface area (TPSA) is 84.7 Å². The third kappa shape index (κ3) is 4.54. The monoisotopic (exact) mass is 302 g/mol. The Labute approximate surface area is 130 Å². The van der Waals surface area contributed by atoms with E-state index in [1.165, 1.54) is 19.2 Å². The van der Waals surface area contributed by atoms with Gasteiger partial charge >= 0.3 is 6.03 Å². The van der Waals surface area contributed by atoms with Crippen LogP contribution in [0, 0.1) is 6.92 Å². The number of hydrogen-bond donors (Lipinski definition) is 2. The lowest BCUT2D eigenvalue weighted by molar-refractivity contribution is 0.252. The number of amides is 2. The summed E-state index contributed by atoms with van der Waals surface area (Å²) in [5, 5.41) is 16.8. The summed E-state index contributed by atoms with van der Waals surface area (Å²) in [4.78, 5) is 11.9. The van der Waals surface area contributed by atoms with Crippen molar-refractivity contribution < 1.29 is 4.79 Å². The van der Waals surface area contributed by atoms with E-state index in [-0.39, 0.29) is 6.03 Å². The molecule has 0 bridgehead atoms. The number of benzene rings is 1. The zero-order valence-corrected chi connectivity index (χ0v) is 13.0. The van der Waals surface area contributed by atoms with Crippen LogP contribution in [0.15, 0.2) is 24.5 Å². The van der Waals surface area contributed by atoms with Crippen LogP contribution in [0.5, 0.6) is 0 Å². The third-order valence-corrected chi connectivity index (χ3v) is 3.38. The lowest BCUT2D eigenvalue weighted by Crippen LogP contribution is -2.29. The van der Waals surface area contributed by atoms with Crippen molar-refractivity contribution in [1.29, 1.82) is 0 Å². The number of carbonyl (C=O) groups is 1. The van der Waals surface area contributed by atoms with Gasteiger partial charge in [0.15, 0.2) is 0 Å². The minimum Gasteiger partial charge on any atom is -0.338 e. The fourth-order valence-corrected chi connectivity index (χ4v) is 2.13. The molecule has 22 heavy (non-hydrogen) atoms. The fraction of sp³-hybridized carbons (Fsp3) is 0.467. The number of rotatable bonds is 7. The number of tetrazole rings is 1. The van der Waals surface area contributed by atoms with E-state index in [0.717, 1.165) is 24.1 Å². The lowest BCUT2D eigenvalue weighted by Gasteiger charge is -2.10. The maximum atomic E-state index is 11.9. The molecular formula is C15H22N6O. The van der Waals surface area contributed by atoms with Crippen LogP contribution < -0.4 is 10.6 Å². The summed E-state index contributed by atoms with van der Waals surface area (Å²) >= 11 is 0. The molecule has 2 rings (SSSR count). The summed E-state index contributed by atoms with van der Waals surface area (Å²) in [6.45, 7) is 4.83. The second-order valence-electron chi connectivity index (χ2n) is 5.20. The molecule has 7 nitrogen and oxygen atoms in total. The van der Waals surface area contributed by atoms with Gasteiger partial charge in [0, 0.05) is 12.2 Å². The summed E-state index contributed by atoms with van der Waals surface area (Å²) in [7, 11) is 0. The summed E-state index contributed by atoms with van der Waals surface area (Å²) in [6.07, 6.45) is 6.07. The molecule has 2 N–H and O–H groups in total. The first-order chi connectivity index (χ1) is 10.7. The number of aromatic nitrogens is 4. The lowest BCUT2D eigenvalue weighted by atomic mass is 10.2. The number of nitrogens with one attached hydrogen (secondary N) is 2. The molecular weight excluding hydrogens is 280 g/mol. The maximum absolute atomic E-state index is 11.9. The van der Waals surface area contributed by atoms with E-state index in [4.69, 9.17) is 0 Å². The quantitative estimate of drug-likeness (QED) is 0.770. The molecule has 2 amide bonds. The molecule has 0 aliphatic carbocycles. The first kappa shape index (κ1) is 15.9. The summed E-state index contributed by atoms with van der Waals surface area (Å²) < 4.78 is 1.57. The summed E-state index contributed by atoms with van der Waals surface area (Å²) in [5.74, 6) is 0. The molecule has 0 unspecified atom stereocenters. The van der Waals surface area contributed by atoms with Crippen LogP contribution in [-0.4, -0.2) is 32.8 Å². The number of aryl methyl sites for hydroxylation is 1. The average Bonchev–Trinajstić information content (AvgIpc) is 3.03. The van der Waals surface area contributed by atoms with E-state index in [1.54, 1.807) is 4.68 Å². The van der Waals surface area contributed by atoms with Crippen LogP contribution in [0.4, 0.5) is 10.5 Å². The second kappa shape index (κ2) is 8.11. The van der Waals surface area contributed by atoms with Crippen LogP contribution in [0.25, 0.3) is 5.69 Å². The number of unbranched alkanes of at least 4 members (excludes halogenated alkanes) is 3. The Bertz CT molecular complexity index is 596. The van der Waals surface area contributed by atoms with Crippen molar-refractivity contribution in [3.63, 3.8) is 0 Å². The molecule has 7 heteroatoms. The Balaban J connectivity index is 1.90. The molecule has 1 aromatic heterocycles. The Hall–Kier alpha value is -2.44. The highest BCUT2D eigenvalue weighted by molar-refractivity contribution is 5.89. The molecule has 0 saturated carbocycles. The molecule has 0 aliphatic heterocycles. The molecule has 1 heterocycles. The van der Waals surface area contributed by atoms with Crippen molar-refractivity contribution in [2.75, 3.05) is 11.9 Å². The van der Waals surface area contributed by atoms with Crippen LogP contribution in [0.2, 0.25) is 0 Å². The smallest absolute Gasteiger partial charge is 0.319 e. The number of carbonyl (C=O) groups excluding carboxylic acids is 1. The Kier molecular flexibility index (Phi) is 5.88. The average molecular weight is 302 g/mol. The van der Waals surface area contributed by atoms with Gasteiger partial charge in [0.2, 0.25) is 0 Å². The largest absolute Gasteiger partial charge is 0.338 e. The SMILES string of the molecule is CCCCCCNC(=O)Nc1ccc(C)c(-n2cnnn2)c1. The molecule has 0 fully saturated rings. The van der Waals surface area contributed by atoms with Gasteiger partial charge in [0.1, 0.15) is 6.33 Å². The molecule has 118 valence electrons. The zero-order chi connectivity index (χ0) is 15.8. The minimum atomic E-state index is -0.192. The number of urea groups is 1. The Morgan fingerprint density at radius 2 is 2.14 bits per heavy atom. The molecule has 0 radical (unpaired) electrons.